The lowest BCUT2D eigenvalue weighted by molar-refractivity contribution is -0.00198. The lowest BCUT2D eigenvalue weighted by Crippen LogP contribution is -2.52. The number of nitrogens with one attached hydrogen (secondary N) is 1. The Morgan fingerprint density at radius 2 is 1.42 bits per heavy atom. The maximum absolute atomic E-state index is 6.42. The van der Waals surface area contributed by atoms with Crippen LogP contribution in [0.4, 0.5) is 0 Å². The lowest BCUT2D eigenvalue weighted by atomic mass is 10.1. The third kappa shape index (κ3) is 17.5. The molecule has 6 heteroatoms. The molecule has 1 aliphatic rings. The Balaban J connectivity index is 2.29. The first kappa shape index (κ1) is 31.4. The second kappa shape index (κ2) is 21.7. The largest absolute Gasteiger partial charge is 0.517 e. The van der Waals surface area contributed by atoms with Crippen molar-refractivity contribution < 1.29 is 13.4 Å². The van der Waals surface area contributed by atoms with Crippen LogP contribution >= 0.6 is 12.6 Å². The van der Waals surface area contributed by atoms with Gasteiger partial charge in [0.05, 0.1) is 0 Å². The molecule has 1 N–H and O–H groups in total. The summed E-state index contributed by atoms with van der Waals surface area (Å²) in [5.41, 5.74) is 3.19. The van der Waals surface area contributed by atoms with Crippen molar-refractivity contribution in [2.45, 2.75) is 148 Å². The number of thiol groups is 1. The van der Waals surface area contributed by atoms with Crippen molar-refractivity contribution in [3.63, 3.8) is 0 Å². The first-order valence-electron chi connectivity index (χ1n) is 14.5. The minimum atomic E-state index is -2.67. The van der Waals surface area contributed by atoms with E-state index in [4.69, 9.17) is 26.0 Å². The number of hydrogen-bond acceptors (Lipinski definition) is 5. The standard InChI is InChI=1S/C27H57NO3SSi/c1-4-6-8-10-11-12-13-14-16-18-22-29-33(30-23-20-26(3)25-28-31-33)24-21-27(32)19-17-15-9-7-5-2/h26-28,32H,4-25H2,1-3H3. The zero-order valence-electron chi connectivity index (χ0n) is 22.4. The van der Waals surface area contributed by atoms with Gasteiger partial charge in [0.25, 0.3) is 0 Å². The molecule has 0 aromatic carbocycles. The molecule has 1 saturated heterocycles. The highest BCUT2D eigenvalue weighted by atomic mass is 32.1. The van der Waals surface area contributed by atoms with Gasteiger partial charge in [0.15, 0.2) is 0 Å². The second-order valence-corrected chi connectivity index (χ2v) is 13.7. The molecule has 0 aromatic heterocycles. The Kier molecular flexibility index (Phi) is 20.6. The van der Waals surface area contributed by atoms with Crippen LogP contribution in [0.3, 0.4) is 0 Å². The van der Waals surface area contributed by atoms with Crippen LogP contribution in [0.2, 0.25) is 6.04 Å². The third-order valence-electron chi connectivity index (χ3n) is 6.84. The number of rotatable bonds is 21. The van der Waals surface area contributed by atoms with Crippen molar-refractivity contribution in [2.24, 2.45) is 5.92 Å². The first-order chi connectivity index (χ1) is 16.1. The summed E-state index contributed by atoms with van der Waals surface area (Å²) in [7, 11) is -2.67. The summed E-state index contributed by atoms with van der Waals surface area (Å²) in [6.45, 7) is 9.17. The average Bonchev–Trinajstić information content (AvgIpc) is 2.79. The van der Waals surface area contributed by atoms with Crippen LogP contribution in [0.25, 0.3) is 0 Å². The highest BCUT2D eigenvalue weighted by molar-refractivity contribution is 7.80. The average molecular weight is 504 g/mol. The van der Waals surface area contributed by atoms with Gasteiger partial charge in [-0.25, -0.2) is 5.48 Å². The molecule has 33 heavy (non-hydrogen) atoms. The van der Waals surface area contributed by atoms with E-state index in [0.29, 0.717) is 11.2 Å². The fourth-order valence-electron chi connectivity index (χ4n) is 4.40. The minimum absolute atomic E-state index is 0.411. The Hall–Kier alpha value is 0.407. The van der Waals surface area contributed by atoms with Crippen molar-refractivity contribution in [2.75, 3.05) is 19.8 Å². The van der Waals surface area contributed by atoms with Crippen LogP contribution in [0.15, 0.2) is 0 Å². The van der Waals surface area contributed by atoms with Crippen molar-refractivity contribution in [1.29, 1.82) is 0 Å². The van der Waals surface area contributed by atoms with Crippen LogP contribution < -0.4 is 5.48 Å². The van der Waals surface area contributed by atoms with E-state index in [1.54, 1.807) is 0 Å². The summed E-state index contributed by atoms with van der Waals surface area (Å²) in [6, 6.07) is 0.870. The fraction of sp³-hybridized carbons (Fsp3) is 1.00. The van der Waals surface area contributed by atoms with E-state index in [0.717, 1.165) is 45.1 Å². The Morgan fingerprint density at radius 1 is 0.848 bits per heavy atom. The molecule has 1 rings (SSSR count). The SMILES string of the molecule is CCCCCCCCCCCCO[Si]1(CCC(S)CCCCCCC)OCCC(C)CNO1. The maximum atomic E-state index is 6.42. The van der Waals surface area contributed by atoms with Crippen molar-refractivity contribution in [1.82, 2.24) is 5.48 Å². The molecule has 0 saturated carbocycles. The summed E-state index contributed by atoms with van der Waals surface area (Å²) in [5.74, 6) is 0.569. The van der Waals surface area contributed by atoms with Crippen LogP contribution in [0, 0.1) is 5.92 Å². The van der Waals surface area contributed by atoms with Crippen molar-refractivity contribution >= 4 is 21.4 Å². The van der Waals surface area contributed by atoms with E-state index in [1.165, 1.54) is 96.3 Å². The number of unbranched alkanes of at least 4 members (excludes halogenated alkanes) is 13. The molecule has 4 nitrogen and oxygen atoms in total. The number of hydroxylamine groups is 1. The molecular formula is C27H57NO3SSi. The molecule has 0 spiro atoms. The molecule has 1 aliphatic heterocycles. The molecule has 1 heterocycles. The summed E-state index contributed by atoms with van der Waals surface area (Å²) in [6.07, 6.45) is 23.3. The van der Waals surface area contributed by atoms with Crippen molar-refractivity contribution in [3.05, 3.63) is 0 Å². The Morgan fingerprint density at radius 3 is 2.06 bits per heavy atom. The van der Waals surface area contributed by atoms with Gasteiger partial charge in [0.2, 0.25) is 0 Å². The highest BCUT2D eigenvalue weighted by Crippen LogP contribution is 2.25. The predicted octanol–water partition coefficient (Wildman–Crippen LogP) is 8.49. The van der Waals surface area contributed by atoms with Gasteiger partial charge in [0, 0.05) is 31.1 Å². The topological polar surface area (TPSA) is 39.7 Å². The monoisotopic (exact) mass is 503 g/mol. The van der Waals surface area contributed by atoms with E-state index >= 15 is 0 Å². The molecule has 0 amide bonds. The van der Waals surface area contributed by atoms with E-state index in [9.17, 15) is 0 Å². The van der Waals surface area contributed by atoms with Gasteiger partial charge in [-0.1, -0.05) is 111 Å². The van der Waals surface area contributed by atoms with E-state index in [1.807, 2.05) is 0 Å². The van der Waals surface area contributed by atoms with Gasteiger partial charge in [0.1, 0.15) is 0 Å². The van der Waals surface area contributed by atoms with Crippen molar-refractivity contribution in [3.8, 4) is 0 Å². The third-order valence-corrected chi connectivity index (χ3v) is 10.00. The molecular weight excluding hydrogens is 446 g/mol. The quantitative estimate of drug-likeness (QED) is 0.0935. The van der Waals surface area contributed by atoms with E-state index < -0.39 is 8.80 Å². The van der Waals surface area contributed by atoms with Gasteiger partial charge in [-0.15, -0.1) is 0 Å². The zero-order chi connectivity index (χ0) is 24.0. The first-order valence-corrected chi connectivity index (χ1v) is 16.9. The van der Waals surface area contributed by atoms with Gasteiger partial charge in [-0.2, -0.15) is 12.6 Å². The number of hydrogen-bond donors (Lipinski definition) is 2. The zero-order valence-corrected chi connectivity index (χ0v) is 24.3. The second-order valence-electron chi connectivity index (χ2n) is 10.3. The summed E-state index contributed by atoms with van der Waals surface area (Å²) >= 11 is 4.87. The summed E-state index contributed by atoms with van der Waals surface area (Å²) in [5, 5.41) is 0.411. The highest BCUT2D eigenvalue weighted by Gasteiger charge is 2.43. The van der Waals surface area contributed by atoms with Crippen LogP contribution in [0.1, 0.15) is 136 Å². The van der Waals surface area contributed by atoms with Crippen LogP contribution in [-0.4, -0.2) is 33.8 Å². The normalized spacial score (nSPS) is 22.7. The molecule has 0 radical (unpaired) electrons. The van der Waals surface area contributed by atoms with E-state index in [2.05, 4.69) is 26.3 Å². The summed E-state index contributed by atoms with van der Waals surface area (Å²) in [4.78, 5) is 0. The predicted molar refractivity (Wildman–Crippen MR) is 148 cm³/mol. The van der Waals surface area contributed by atoms with Crippen LogP contribution in [0.5, 0.6) is 0 Å². The lowest BCUT2D eigenvalue weighted by Gasteiger charge is -2.33. The van der Waals surface area contributed by atoms with E-state index in [-0.39, 0.29) is 0 Å². The fourth-order valence-corrected chi connectivity index (χ4v) is 7.43. The Labute approximate surface area is 213 Å². The van der Waals surface area contributed by atoms with Gasteiger partial charge >= 0.3 is 8.80 Å². The molecule has 3 unspecified atom stereocenters. The molecule has 1 fully saturated rings. The molecule has 0 aromatic rings. The molecule has 198 valence electrons. The molecule has 3 atom stereocenters. The molecule has 0 aliphatic carbocycles. The smallest absolute Gasteiger partial charge is 0.373 e. The minimum Gasteiger partial charge on any atom is -0.373 e. The van der Waals surface area contributed by atoms with Gasteiger partial charge in [-0.05, 0) is 31.6 Å². The summed E-state index contributed by atoms with van der Waals surface area (Å²) < 4.78 is 18.9. The Bertz CT molecular complexity index is 420. The van der Waals surface area contributed by atoms with Gasteiger partial charge in [-0.3, -0.25) is 4.53 Å². The molecule has 0 bridgehead atoms. The van der Waals surface area contributed by atoms with Gasteiger partial charge < -0.3 is 8.85 Å². The maximum Gasteiger partial charge on any atom is 0.517 e. The van der Waals surface area contributed by atoms with Crippen LogP contribution in [-0.2, 0) is 13.4 Å².